The second kappa shape index (κ2) is 5.87. The van der Waals surface area contributed by atoms with Crippen molar-refractivity contribution in [2.75, 3.05) is 31.8 Å². The van der Waals surface area contributed by atoms with Crippen LogP contribution in [0.25, 0.3) is 0 Å². The first-order valence-corrected chi connectivity index (χ1v) is 6.69. The highest BCUT2D eigenvalue weighted by Crippen LogP contribution is 2.15. The third-order valence-corrected chi connectivity index (χ3v) is 3.28. The van der Waals surface area contributed by atoms with Gasteiger partial charge >= 0.3 is 0 Å². The fraction of sp³-hybridized carbons (Fsp3) is 0.333. The average Bonchev–Trinajstić information content (AvgIpc) is 2.77. The lowest BCUT2D eigenvalue weighted by Gasteiger charge is -2.17. The van der Waals surface area contributed by atoms with E-state index in [0.29, 0.717) is 17.9 Å². The molecule has 112 valence electrons. The summed E-state index contributed by atoms with van der Waals surface area (Å²) in [5, 5.41) is 4.10. The Hall–Kier alpha value is -2.50. The molecule has 0 bridgehead atoms. The number of hydrogen-bond donors (Lipinski definition) is 1. The molecule has 6 heteroatoms. The molecule has 6 nitrogen and oxygen atoms in total. The van der Waals surface area contributed by atoms with E-state index in [4.69, 9.17) is 5.73 Å². The predicted octanol–water partition coefficient (Wildman–Crippen LogP) is 1.34. The Morgan fingerprint density at radius 2 is 1.86 bits per heavy atom. The highest BCUT2D eigenvalue weighted by molar-refractivity contribution is 5.96. The maximum absolute atomic E-state index is 12.3. The molecule has 0 radical (unpaired) electrons. The third-order valence-electron chi connectivity index (χ3n) is 3.28. The highest BCUT2D eigenvalue weighted by atomic mass is 16.2. The Labute approximate surface area is 124 Å². The van der Waals surface area contributed by atoms with Gasteiger partial charge in [-0.25, -0.2) is 0 Å². The number of anilines is 2. The fourth-order valence-electron chi connectivity index (χ4n) is 2.10. The van der Waals surface area contributed by atoms with Crippen molar-refractivity contribution in [3.8, 4) is 0 Å². The number of hydrogen-bond acceptors (Lipinski definition) is 4. The van der Waals surface area contributed by atoms with Gasteiger partial charge in [0.15, 0.2) is 5.69 Å². The molecule has 0 aliphatic rings. The number of benzene rings is 1. The van der Waals surface area contributed by atoms with Gasteiger partial charge in [0, 0.05) is 46.6 Å². The zero-order chi connectivity index (χ0) is 15.6. The maximum Gasteiger partial charge on any atom is 0.276 e. The summed E-state index contributed by atoms with van der Waals surface area (Å²) < 4.78 is 1.54. The normalized spacial score (nSPS) is 10.5. The summed E-state index contributed by atoms with van der Waals surface area (Å²) in [6.07, 6.45) is 1.63. The van der Waals surface area contributed by atoms with Crippen molar-refractivity contribution in [2.45, 2.75) is 6.54 Å². The number of nitrogens with two attached hydrogens (primary N) is 1. The van der Waals surface area contributed by atoms with Crippen LogP contribution >= 0.6 is 0 Å². The molecule has 2 rings (SSSR count). The van der Waals surface area contributed by atoms with Crippen molar-refractivity contribution in [2.24, 2.45) is 7.05 Å². The molecule has 2 aromatic rings. The number of amides is 1. The van der Waals surface area contributed by atoms with E-state index in [2.05, 4.69) is 5.10 Å². The third kappa shape index (κ3) is 3.34. The molecule has 0 aliphatic heterocycles. The molecule has 2 N–H and O–H groups in total. The molecule has 1 aromatic carbocycles. The van der Waals surface area contributed by atoms with Crippen LogP contribution < -0.4 is 10.6 Å². The lowest BCUT2D eigenvalue weighted by molar-refractivity contribution is 0.0779. The van der Waals surface area contributed by atoms with E-state index in [1.54, 1.807) is 29.9 Å². The van der Waals surface area contributed by atoms with E-state index in [1.165, 1.54) is 0 Å². The molecular weight excluding hydrogens is 266 g/mol. The van der Waals surface area contributed by atoms with E-state index in [9.17, 15) is 4.79 Å². The van der Waals surface area contributed by atoms with Crippen molar-refractivity contribution in [1.29, 1.82) is 0 Å². The largest absolute Gasteiger partial charge is 0.396 e. The van der Waals surface area contributed by atoms with Gasteiger partial charge < -0.3 is 15.5 Å². The van der Waals surface area contributed by atoms with E-state index in [0.717, 1.165) is 11.3 Å². The minimum atomic E-state index is -0.176. The molecule has 0 unspecified atom stereocenters. The number of aryl methyl sites for hydroxylation is 1. The smallest absolute Gasteiger partial charge is 0.276 e. The van der Waals surface area contributed by atoms with Crippen molar-refractivity contribution in [3.63, 3.8) is 0 Å². The Bertz CT molecular complexity index is 630. The average molecular weight is 287 g/mol. The second-order valence-electron chi connectivity index (χ2n) is 5.33. The van der Waals surface area contributed by atoms with Crippen LogP contribution in [0.2, 0.25) is 0 Å². The lowest BCUT2D eigenvalue weighted by atomic mass is 10.2. The van der Waals surface area contributed by atoms with Crippen LogP contribution in [0.4, 0.5) is 11.4 Å². The van der Waals surface area contributed by atoms with Crippen LogP contribution in [0.3, 0.4) is 0 Å². The van der Waals surface area contributed by atoms with Crippen LogP contribution in [0.15, 0.2) is 30.5 Å². The molecule has 1 amide bonds. The second-order valence-corrected chi connectivity index (χ2v) is 5.33. The predicted molar refractivity (Wildman–Crippen MR) is 84.2 cm³/mol. The molecule has 1 aromatic heterocycles. The maximum atomic E-state index is 12.3. The van der Waals surface area contributed by atoms with Gasteiger partial charge in [-0.2, -0.15) is 5.10 Å². The minimum absolute atomic E-state index is 0.176. The van der Waals surface area contributed by atoms with E-state index >= 15 is 0 Å². The van der Waals surface area contributed by atoms with Gasteiger partial charge in [0.25, 0.3) is 5.91 Å². The fourth-order valence-corrected chi connectivity index (χ4v) is 2.10. The SMILES string of the molecule is CN(Cc1ccc(N(C)C)cc1)C(=O)c1nn(C)cc1N. The number of carbonyl (C=O) groups is 1. The van der Waals surface area contributed by atoms with Gasteiger partial charge in [-0.15, -0.1) is 0 Å². The zero-order valence-electron chi connectivity index (χ0n) is 12.9. The first-order valence-electron chi connectivity index (χ1n) is 6.69. The molecule has 0 saturated heterocycles. The number of nitrogens with zero attached hydrogens (tertiary/aromatic N) is 4. The van der Waals surface area contributed by atoms with Gasteiger partial charge in [-0.3, -0.25) is 9.48 Å². The molecule has 1 heterocycles. The summed E-state index contributed by atoms with van der Waals surface area (Å²) in [6.45, 7) is 0.516. The summed E-state index contributed by atoms with van der Waals surface area (Å²) in [5.41, 5.74) is 8.67. The summed E-state index contributed by atoms with van der Waals surface area (Å²) in [7, 11) is 7.48. The summed E-state index contributed by atoms with van der Waals surface area (Å²) >= 11 is 0. The standard InChI is InChI=1S/C15H21N5O/c1-18(2)12-7-5-11(6-8-12)9-19(3)15(21)14-13(16)10-20(4)17-14/h5-8,10H,9,16H2,1-4H3. The van der Waals surface area contributed by atoms with Gasteiger partial charge in [0.05, 0.1) is 5.69 Å². The molecule has 0 fully saturated rings. The van der Waals surface area contributed by atoms with Gasteiger partial charge in [0.1, 0.15) is 0 Å². The number of carbonyl (C=O) groups excluding carboxylic acids is 1. The monoisotopic (exact) mass is 287 g/mol. The number of nitrogen functional groups attached to an aromatic ring is 1. The van der Waals surface area contributed by atoms with E-state index < -0.39 is 0 Å². The van der Waals surface area contributed by atoms with Crippen molar-refractivity contribution >= 4 is 17.3 Å². The van der Waals surface area contributed by atoms with Crippen molar-refractivity contribution in [3.05, 3.63) is 41.7 Å². The first-order chi connectivity index (χ1) is 9.88. The first kappa shape index (κ1) is 14.9. The molecule has 21 heavy (non-hydrogen) atoms. The lowest BCUT2D eigenvalue weighted by Crippen LogP contribution is -2.27. The van der Waals surface area contributed by atoms with Crippen molar-refractivity contribution < 1.29 is 4.79 Å². The van der Waals surface area contributed by atoms with Crippen LogP contribution in [-0.2, 0) is 13.6 Å². The van der Waals surface area contributed by atoms with E-state index in [1.807, 2.05) is 43.3 Å². The number of rotatable bonds is 4. The van der Waals surface area contributed by atoms with Crippen molar-refractivity contribution in [1.82, 2.24) is 14.7 Å². The molecule has 0 saturated carbocycles. The molecular formula is C15H21N5O. The van der Waals surface area contributed by atoms with Crippen LogP contribution in [0.5, 0.6) is 0 Å². The quantitative estimate of drug-likeness (QED) is 0.921. The van der Waals surface area contributed by atoms with Gasteiger partial charge in [0.2, 0.25) is 0 Å². The summed E-state index contributed by atoms with van der Waals surface area (Å²) in [4.78, 5) is 16.0. The molecule has 0 aliphatic carbocycles. The van der Waals surface area contributed by atoms with Gasteiger partial charge in [-0.1, -0.05) is 12.1 Å². The zero-order valence-corrected chi connectivity index (χ0v) is 12.9. The Morgan fingerprint density at radius 1 is 1.24 bits per heavy atom. The summed E-state index contributed by atoms with van der Waals surface area (Å²) in [6, 6.07) is 8.09. The Balaban J connectivity index is 2.08. The summed E-state index contributed by atoms with van der Waals surface area (Å²) in [5.74, 6) is -0.176. The van der Waals surface area contributed by atoms with Crippen LogP contribution in [0.1, 0.15) is 16.1 Å². The van der Waals surface area contributed by atoms with Crippen LogP contribution in [0, 0.1) is 0 Å². The highest BCUT2D eigenvalue weighted by Gasteiger charge is 2.18. The van der Waals surface area contributed by atoms with Gasteiger partial charge in [-0.05, 0) is 17.7 Å². The Kier molecular flexibility index (Phi) is 4.16. The molecule has 0 spiro atoms. The topological polar surface area (TPSA) is 67.4 Å². The Morgan fingerprint density at radius 3 is 2.33 bits per heavy atom. The van der Waals surface area contributed by atoms with Crippen LogP contribution in [-0.4, -0.2) is 41.7 Å². The van der Waals surface area contributed by atoms with E-state index in [-0.39, 0.29) is 5.91 Å². The number of aromatic nitrogens is 2. The minimum Gasteiger partial charge on any atom is -0.396 e. The molecule has 0 atom stereocenters.